The van der Waals surface area contributed by atoms with Gasteiger partial charge in [0.15, 0.2) is 0 Å². The van der Waals surface area contributed by atoms with Crippen LogP contribution in [-0.4, -0.2) is 54.9 Å². The standard InChI is InChI=1S/C20H28N2O5/c1-14-10-16(19(23)24)12-22(11-14)20(25)21-17-2-4-18(5-3-17)27-13-15-6-8-26-9-7-15/h2-5,14-16H,6-13H2,1H3,(H,21,25)(H,23,24). The number of rotatable bonds is 5. The van der Waals surface area contributed by atoms with Gasteiger partial charge in [0, 0.05) is 32.0 Å². The molecule has 0 aliphatic carbocycles. The van der Waals surface area contributed by atoms with Crippen LogP contribution < -0.4 is 10.1 Å². The maximum atomic E-state index is 12.5. The topological polar surface area (TPSA) is 88.1 Å². The molecule has 0 saturated carbocycles. The number of aliphatic carboxylic acids is 1. The van der Waals surface area contributed by atoms with Crippen LogP contribution in [0.2, 0.25) is 0 Å². The van der Waals surface area contributed by atoms with Gasteiger partial charge < -0.3 is 24.8 Å². The number of benzene rings is 1. The molecular formula is C20H28N2O5. The van der Waals surface area contributed by atoms with Crippen molar-refractivity contribution in [3.8, 4) is 5.75 Å². The third-order valence-corrected chi connectivity index (χ3v) is 5.23. The van der Waals surface area contributed by atoms with Crippen molar-refractivity contribution in [3.63, 3.8) is 0 Å². The van der Waals surface area contributed by atoms with Gasteiger partial charge in [-0.3, -0.25) is 4.79 Å². The average molecular weight is 376 g/mol. The van der Waals surface area contributed by atoms with Crippen molar-refractivity contribution in [1.82, 2.24) is 4.90 Å². The van der Waals surface area contributed by atoms with Gasteiger partial charge in [-0.05, 0) is 55.4 Å². The lowest BCUT2D eigenvalue weighted by atomic mass is 9.91. The summed E-state index contributed by atoms with van der Waals surface area (Å²) in [6.07, 6.45) is 2.66. The Kier molecular flexibility index (Phi) is 6.55. The minimum atomic E-state index is -0.842. The predicted octanol–water partition coefficient (Wildman–Crippen LogP) is 3.07. The summed E-state index contributed by atoms with van der Waals surface area (Å²) in [5.74, 6) is 0.135. The second-order valence-corrected chi connectivity index (χ2v) is 7.60. The van der Waals surface area contributed by atoms with Gasteiger partial charge in [0.05, 0.1) is 12.5 Å². The molecule has 2 unspecified atom stereocenters. The summed E-state index contributed by atoms with van der Waals surface area (Å²) in [5.41, 5.74) is 0.670. The number of ether oxygens (including phenoxy) is 2. The van der Waals surface area contributed by atoms with Crippen molar-refractivity contribution in [1.29, 1.82) is 0 Å². The fourth-order valence-corrected chi connectivity index (χ4v) is 3.66. The molecule has 2 N–H and O–H groups in total. The van der Waals surface area contributed by atoms with E-state index in [-0.39, 0.29) is 18.5 Å². The van der Waals surface area contributed by atoms with Crippen LogP contribution >= 0.6 is 0 Å². The Labute approximate surface area is 159 Å². The quantitative estimate of drug-likeness (QED) is 0.825. The number of piperidine rings is 1. The van der Waals surface area contributed by atoms with Crippen LogP contribution in [0.5, 0.6) is 5.75 Å². The average Bonchev–Trinajstić information content (AvgIpc) is 2.67. The summed E-state index contributed by atoms with van der Waals surface area (Å²) < 4.78 is 11.2. The number of amides is 2. The number of urea groups is 1. The first-order chi connectivity index (χ1) is 13.0. The molecule has 1 aromatic carbocycles. The number of carbonyl (C=O) groups excluding carboxylic acids is 1. The summed E-state index contributed by atoms with van der Waals surface area (Å²) in [4.78, 5) is 25.3. The van der Waals surface area contributed by atoms with E-state index < -0.39 is 11.9 Å². The Morgan fingerprint density at radius 2 is 1.93 bits per heavy atom. The monoisotopic (exact) mass is 376 g/mol. The Morgan fingerprint density at radius 1 is 1.22 bits per heavy atom. The fraction of sp³-hybridized carbons (Fsp3) is 0.600. The molecular weight excluding hydrogens is 348 g/mol. The molecule has 148 valence electrons. The first-order valence-electron chi connectivity index (χ1n) is 9.60. The van der Waals surface area contributed by atoms with Crippen LogP contribution in [-0.2, 0) is 9.53 Å². The molecule has 2 aliphatic heterocycles. The molecule has 2 amide bonds. The maximum Gasteiger partial charge on any atom is 0.321 e. The number of nitrogens with zero attached hydrogens (tertiary/aromatic N) is 1. The van der Waals surface area contributed by atoms with Crippen LogP contribution in [0.25, 0.3) is 0 Å². The summed E-state index contributed by atoms with van der Waals surface area (Å²) in [5, 5.41) is 12.1. The highest BCUT2D eigenvalue weighted by atomic mass is 16.5. The molecule has 2 saturated heterocycles. The van der Waals surface area contributed by atoms with Gasteiger partial charge in [-0.25, -0.2) is 4.79 Å². The molecule has 0 aromatic heterocycles. The molecule has 0 spiro atoms. The summed E-state index contributed by atoms with van der Waals surface area (Å²) in [6, 6.07) is 7.03. The minimum Gasteiger partial charge on any atom is -0.493 e. The smallest absolute Gasteiger partial charge is 0.321 e. The first kappa shape index (κ1) is 19.5. The molecule has 7 nitrogen and oxygen atoms in total. The number of anilines is 1. The molecule has 27 heavy (non-hydrogen) atoms. The number of carbonyl (C=O) groups is 2. The van der Waals surface area contributed by atoms with Crippen molar-refractivity contribution in [2.24, 2.45) is 17.8 Å². The van der Waals surface area contributed by atoms with E-state index in [2.05, 4.69) is 5.32 Å². The van der Waals surface area contributed by atoms with E-state index in [4.69, 9.17) is 9.47 Å². The number of hydrogen-bond donors (Lipinski definition) is 2. The summed E-state index contributed by atoms with van der Waals surface area (Å²) in [6.45, 7) is 5.07. The van der Waals surface area contributed by atoms with Gasteiger partial charge in [0.2, 0.25) is 0 Å². The van der Waals surface area contributed by atoms with Gasteiger partial charge in [-0.15, -0.1) is 0 Å². The van der Waals surface area contributed by atoms with Gasteiger partial charge in [0.1, 0.15) is 5.75 Å². The molecule has 3 rings (SSSR count). The lowest BCUT2D eigenvalue weighted by molar-refractivity contribution is -0.143. The SMILES string of the molecule is CC1CC(C(=O)O)CN(C(=O)Nc2ccc(OCC3CCOCC3)cc2)C1. The van der Waals surface area contributed by atoms with E-state index in [1.807, 2.05) is 19.1 Å². The summed E-state index contributed by atoms with van der Waals surface area (Å²) in [7, 11) is 0. The van der Waals surface area contributed by atoms with Crippen molar-refractivity contribution in [2.45, 2.75) is 26.2 Å². The van der Waals surface area contributed by atoms with Gasteiger partial charge in [0.25, 0.3) is 0 Å². The number of nitrogens with one attached hydrogen (secondary N) is 1. The highest BCUT2D eigenvalue weighted by Crippen LogP contribution is 2.23. The molecule has 1 aromatic rings. The lowest BCUT2D eigenvalue weighted by Crippen LogP contribution is -2.47. The molecule has 2 atom stereocenters. The highest BCUT2D eigenvalue weighted by molar-refractivity contribution is 5.89. The minimum absolute atomic E-state index is 0.173. The van der Waals surface area contributed by atoms with Crippen LogP contribution in [0, 0.1) is 17.8 Å². The summed E-state index contributed by atoms with van der Waals surface area (Å²) >= 11 is 0. The van der Waals surface area contributed by atoms with Crippen LogP contribution in [0.15, 0.2) is 24.3 Å². The number of carboxylic acids is 1. The molecule has 7 heteroatoms. The van der Waals surface area contributed by atoms with Crippen molar-refractivity contribution in [2.75, 3.05) is 38.2 Å². The number of carboxylic acid groups (broad SMARTS) is 1. The molecule has 0 radical (unpaired) electrons. The number of hydrogen-bond acceptors (Lipinski definition) is 4. The highest BCUT2D eigenvalue weighted by Gasteiger charge is 2.31. The van der Waals surface area contributed by atoms with Gasteiger partial charge in [-0.2, -0.15) is 0 Å². The maximum absolute atomic E-state index is 12.5. The molecule has 0 bridgehead atoms. The van der Waals surface area contributed by atoms with E-state index >= 15 is 0 Å². The Hall–Kier alpha value is -2.28. The Morgan fingerprint density at radius 3 is 2.59 bits per heavy atom. The zero-order valence-electron chi connectivity index (χ0n) is 15.7. The third kappa shape index (κ3) is 5.60. The van der Waals surface area contributed by atoms with Crippen LogP contribution in [0.4, 0.5) is 10.5 Å². The van der Waals surface area contributed by atoms with Crippen molar-refractivity contribution < 1.29 is 24.2 Å². The second-order valence-electron chi connectivity index (χ2n) is 7.60. The van der Waals surface area contributed by atoms with E-state index in [0.29, 0.717) is 31.2 Å². The zero-order chi connectivity index (χ0) is 19.2. The van der Waals surface area contributed by atoms with E-state index in [1.54, 1.807) is 17.0 Å². The van der Waals surface area contributed by atoms with Crippen LogP contribution in [0.3, 0.4) is 0 Å². The molecule has 2 aliphatic rings. The zero-order valence-corrected chi connectivity index (χ0v) is 15.7. The normalized spacial score (nSPS) is 23.7. The molecule has 2 heterocycles. The van der Waals surface area contributed by atoms with Crippen molar-refractivity contribution in [3.05, 3.63) is 24.3 Å². The van der Waals surface area contributed by atoms with Gasteiger partial charge in [-0.1, -0.05) is 6.92 Å². The van der Waals surface area contributed by atoms with E-state index in [9.17, 15) is 14.7 Å². The van der Waals surface area contributed by atoms with Crippen molar-refractivity contribution >= 4 is 17.7 Å². The van der Waals surface area contributed by atoms with Crippen LogP contribution in [0.1, 0.15) is 26.2 Å². The Balaban J connectivity index is 1.49. The predicted molar refractivity (Wildman–Crippen MR) is 101 cm³/mol. The fourth-order valence-electron chi connectivity index (χ4n) is 3.66. The van der Waals surface area contributed by atoms with Gasteiger partial charge >= 0.3 is 12.0 Å². The van der Waals surface area contributed by atoms with E-state index in [0.717, 1.165) is 31.8 Å². The second kappa shape index (κ2) is 9.08. The molecule has 2 fully saturated rings. The van der Waals surface area contributed by atoms with E-state index in [1.165, 1.54) is 0 Å². The largest absolute Gasteiger partial charge is 0.493 e. The number of likely N-dealkylation sites (tertiary alicyclic amines) is 1. The first-order valence-corrected chi connectivity index (χ1v) is 9.60. The Bertz CT molecular complexity index is 642. The third-order valence-electron chi connectivity index (χ3n) is 5.23. The lowest BCUT2D eigenvalue weighted by Gasteiger charge is -2.34.